The van der Waals surface area contributed by atoms with Crippen LogP contribution in [0, 0.1) is 11.8 Å². The number of benzene rings is 1. The Morgan fingerprint density at radius 1 is 1.26 bits per heavy atom. The molecule has 1 aromatic carbocycles. The van der Waals surface area contributed by atoms with Gasteiger partial charge in [-0.1, -0.05) is 23.7 Å². The summed E-state index contributed by atoms with van der Waals surface area (Å²) in [5.41, 5.74) is -0.391. The van der Waals surface area contributed by atoms with Crippen LogP contribution in [0.2, 0.25) is 5.02 Å². The summed E-state index contributed by atoms with van der Waals surface area (Å²) in [5.74, 6) is -2.32. The predicted molar refractivity (Wildman–Crippen MR) is 96.6 cm³/mol. The number of aromatic amines is 1. The van der Waals surface area contributed by atoms with E-state index >= 15 is 0 Å². The molecule has 10 heteroatoms. The number of rotatable bonds is 6. The van der Waals surface area contributed by atoms with Gasteiger partial charge in [0.2, 0.25) is 5.88 Å². The molecule has 144 valence electrons. The molecule has 1 aromatic heterocycles. The second-order valence-corrected chi connectivity index (χ2v) is 8.95. The summed E-state index contributed by atoms with van der Waals surface area (Å²) in [4.78, 5) is 22.6. The summed E-state index contributed by atoms with van der Waals surface area (Å²) in [6.45, 7) is -0.0233. The number of aromatic nitrogens is 2. The van der Waals surface area contributed by atoms with E-state index in [0.29, 0.717) is 0 Å². The van der Waals surface area contributed by atoms with Crippen molar-refractivity contribution in [3.8, 4) is 5.88 Å². The fraction of sp³-hybridized carbons (Fsp3) is 0.353. The van der Waals surface area contributed by atoms with Gasteiger partial charge in [0.15, 0.2) is 9.84 Å². The van der Waals surface area contributed by atoms with Gasteiger partial charge in [0.05, 0.1) is 27.7 Å². The van der Waals surface area contributed by atoms with E-state index in [9.17, 15) is 23.1 Å². The fourth-order valence-electron chi connectivity index (χ4n) is 3.27. The lowest BCUT2D eigenvalue weighted by Gasteiger charge is -2.15. The van der Waals surface area contributed by atoms with Crippen LogP contribution in [0.1, 0.15) is 12.8 Å². The van der Waals surface area contributed by atoms with Crippen molar-refractivity contribution in [3.63, 3.8) is 0 Å². The maximum atomic E-state index is 12.9. The van der Waals surface area contributed by atoms with Crippen LogP contribution < -0.4 is 10.3 Å². The number of nitrogens with one attached hydrogen (secondary N) is 1. The van der Waals surface area contributed by atoms with Gasteiger partial charge < -0.3 is 9.84 Å². The van der Waals surface area contributed by atoms with Crippen molar-refractivity contribution in [2.45, 2.75) is 23.0 Å². The number of sulfone groups is 1. The first kappa shape index (κ1) is 19.4. The van der Waals surface area contributed by atoms with E-state index in [1.165, 1.54) is 24.3 Å². The lowest BCUT2D eigenvalue weighted by molar-refractivity contribution is -0.143. The average Bonchev–Trinajstić information content (AvgIpc) is 3.07. The maximum absolute atomic E-state index is 12.9. The van der Waals surface area contributed by atoms with Gasteiger partial charge in [-0.2, -0.15) is 0 Å². The highest BCUT2D eigenvalue weighted by Gasteiger charge is 2.45. The van der Waals surface area contributed by atoms with Crippen molar-refractivity contribution >= 4 is 27.4 Å². The van der Waals surface area contributed by atoms with E-state index in [-0.39, 0.29) is 35.2 Å². The number of nitrogens with zero attached hydrogens (tertiary/aromatic N) is 1. The van der Waals surface area contributed by atoms with Gasteiger partial charge in [0.1, 0.15) is 0 Å². The van der Waals surface area contributed by atoms with Crippen molar-refractivity contribution in [3.05, 3.63) is 51.8 Å². The monoisotopic (exact) mass is 412 g/mol. The Kier molecular flexibility index (Phi) is 5.52. The molecule has 3 atom stereocenters. The molecule has 0 aliphatic heterocycles. The zero-order valence-corrected chi connectivity index (χ0v) is 15.6. The Balaban J connectivity index is 1.78. The van der Waals surface area contributed by atoms with Crippen LogP contribution >= 0.6 is 11.6 Å². The van der Waals surface area contributed by atoms with E-state index in [4.69, 9.17) is 16.3 Å². The second-order valence-electron chi connectivity index (χ2n) is 6.34. The van der Waals surface area contributed by atoms with Crippen LogP contribution in [-0.2, 0) is 14.6 Å². The molecule has 0 unspecified atom stereocenters. The predicted octanol–water partition coefficient (Wildman–Crippen LogP) is 1.76. The first-order valence-corrected chi connectivity index (χ1v) is 10.1. The van der Waals surface area contributed by atoms with Crippen LogP contribution in [0.5, 0.6) is 5.88 Å². The third-order valence-corrected chi connectivity index (χ3v) is 7.32. The first-order valence-electron chi connectivity index (χ1n) is 8.19. The summed E-state index contributed by atoms with van der Waals surface area (Å²) >= 11 is 6.02. The summed E-state index contributed by atoms with van der Waals surface area (Å²) < 4.78 is 31.3. The van der Waals surface area contributed by atoms with Crippen molar-refractivity contribution < 1.29 is 23.1 Å². The number of ether oxygens (including phenoxy) is 1. The van der Waals surface area contributed by atoms with Gasteiger partial charge >= 0.3 is 5.97 Å². The second kappa shape index (κ2) is 7.69. The maximum Gasteiger partial charge on any atom is 0.306 e. The third kappa shape index (κ3) is 4.14. The fourth-order valence-corrected chi connectivity index (χ4v) is 5.66. The molecule has 27 heavy (non-hydrogen) atoms. The molecule has 1 aliphatic rings. The van der Waals surface area contributed by atoms with E-state index in [0.717, 1.165) is 0 Å². The van der Waals surface area contributed by atoms with Crippen molar-refractivity contribution in [2.75, 3.05) is 6.61 Å². The zero-order valence-electron chi connectivity index (χ0n) is 14.0. The molecule has 3 rings (SSSR count). The van der Waals surface area contributed by atoms with Crippen LogP contribution in [0.15, 0.2) is 46.1 Å². The number of H-pyrrole nitrogens is 1. The van der Waals surface area contributed by atoms with E-state index in [1.807, 2.05) is 0 Å². The highest BCUT2D eigenvalue weighted by Crippen LogP contribution is 2.40. The van der Waals surface area contributed by atoms with Crippen LogP contribution in [0.4, 0.5) is 0 Å². The number of halogens is 1. The number of carbonyl (C=O) groups is 1. The van der Waals surface area contributed by atoms with E-state index in [2.05, 4.69) is 10.2 Å². The lowest BCUT2D eigenvalue weighted by atomic mass is 9.97. The molecule has 0 spiro atoms. The van der Waals surface area contributed by atoms with E-state index < -0.39 is 38.5 Å². The molecule has 0 saturated heterocycles. The van der Waals surface area contributed by atoms with E-state index in [1.54, 1.807) is 12.1 Å². The molecule has 1 aliphatic carbocycles. The molecular weight excluding hydrogens is 396 g/mol. The van der Waals surface area contributed by atoms with Crippen molar-refractivity contribution in [1.82, 2.24) is 10.2 Å². The Labute approximate surface area is 160 Å². The standard InChI is InChI=1S/C17H17ClN2O6S/c18-13-3-1-2-4-14(13)27(24,25)11-7-10(12(8-11)17(22)23)9-26-16-6-5-15(21)19-20-16/h1-6,10-12H,7-9H2,(H,19,21)(H,22,23)/t10-,11-,12+/m0/s1. The highest BCUT2D eigenvalue weighted by molar-refractivity contribution is 7.92. The van der Waals surface area contributed by atoms with Gasteiger partial charge in [-0.15, -0.1) is 5.10 Å². The van der Waals surface area contributed by atoms with Crippen molar-refractivity contribution in [1.29, 1.82) is 0 Å². The number of carboxylic acids is 1. The number of carboxylic acid groups (broad SMARTS) is 1. The third-order valence-electron chi connectivity index (χ3n) is 4.65. The highest BCUT2D eigenvalue weighted by atomic mass is 35.5. The molecule has 0 bridgehead atoms. The Morgan fingerprint density at radius 3 is 2.63 bits per heavy atom. The normalized spacial score (nSPS) is 22.5. The van der Waals surface area contributed by atoms with Crippen LogP contribution in [0.25, 0.3) is 0 Å². The van der Waals surface area contributed by atoms with Gasteiger partial charge in [0, 0.05) is 18.1 Å². The lowest BCUT2D eigenvalue weighted by Crippen LogP contribution is -2.23. The Bertz CT molecular complexity index is 986. The van der Waals surface area contributed by atoms with Gasteiger partial charge in [0.25, 0.3) is 5.56 Å². The van der Waals surface area contributed by atoms with Gasteiger partial charge in [-0.05, 0) is 25.0 Å². The Morgan fingerprint density at radius 2 is 2.00 bits per heavy atom. The molecule has 1 fully saturated rings. The molecule has 1 heterocycles. The summed E-state index contributed by atoms with van der Waals surface area (Å²) in [5, 5.41) is 14.6. The zero-order chi connectivity index (χ0) is 19.6. The topological polar surface area (TPSA) is 126 Å². The SMILES string of the molecule is O=C(O)[C@@H]1C[C@@H](S(=O)(=O)c2ccccc2Cl)C[C@H]1COc1ccc(=O)[nH]n1. The molecule has 2 aromatic rings. The summed E-state index contributed by atoms with van der Waals surface area (Å²) in [6.07, 6.45) is 0.115. The molecule has 1 saturated carbocycles. The molecule has 2 N–H and O–H groups in total. The van der Waals surface area contributed by atoms with Crippen LogP contribution in [-0.4, -0.2) is 41.5 Å². The molecule has 0 radical (unpaired) electrons. The smallest absolute Gasteiger partial charge is 0.306 e. The van der Waals surface area contributed by atoms with Gasteiger partial charge in [-0.3, -0.25) is 9.59 Å². The van der Waals surface area contributed by atoms with Crippen LogP contribution in [0.3, 0.4) is 0 Å². The molecular formula is C17H17ClN2O6S. The number of hydrogen-bond donors (Lipinski definition) is 2. The molecule has 0 amide bonds. The number of hydrogen-bond acceptors (Lipinski definition) is 6. The minimum absolute atomic E-state index is 0.00433. The largest absolute Gasteiger partial charge is 0.481 e. The quantitative estimate of drug-likeness (QED) is 0.739. The minimum Gasteiger partial charge on any atom is -0.481 e. The Hall–Kier alpha value is -2.39. The molecule has 8 nitrogen and oxygen atoms in total. The number of aliphatic carboxylic acids is 1. The summed E-state index contributed by atoms with van der Waals surface area (Å²) in [7, 11) is -3.77. The van der Waals surface area contributed by atoms with Crippen molar-refractivity contribution in [2.24, 2.45) is 11.8 Å². The minimum atomic E-state index is -3.77. The first-order chi connectivity index (χ1) is 12.8. The average molecular weight is 413 g/mol. The summed E-state index contributed by atoms with van der Waals surface area (Å²) in [6, 6.07) is 8.70. The van der Waals surface area contributed by atoms with Gasteiger partial charge in [-0.25, -0.2) is 13.5 Å².